The Hall–Kier alpha value is -1.46. The largest absolute Gasteiger partial charge is 0.491 e. The summed E-state index contributed by atoms with van der Waals surface area (Å²) >= 11 is 0. The van der Waals surface area contributed by atoms with Gasteiger partial charge in [0.2, 0.25) is 5.82 Å². The predicted octanol–water partition coefficient (Wildman–Crippen LogP) is 0.769. The zero-order chi connectivity index (χ0) is 9.14. The molecule has 1 aromatic heterocycles. The molecule has 1 aromatic rings. The minimum atomic E-state index is -0.578. The highest BCUT2D eigenvalue weighted by Gasteiger charge is 2.18. The quantitative estimate of drug-likeness (QED) is 0.496. The Labute approximate surface area is 69.4 Å². The number of hydrogen-bond acceptors (Lipinski definition) is 4. The van der Waals surface area contributed by atoms with Gasteiger partial charge >= 0.3 is 5.95 Å². The normalized spacial score (nSPS) is 10.2. The number of aryl methyl sites for hydroxylation is 2. The topological polar surface area (TPSA) is 73.8 Å². The molecule has 0 amide bonds. The third kappa shape index (κ3) is 1.41. The maximum Gasteiger partial charge on any atom is 0.491 e. The molecule has 6 heteroatoms. The summed E-state index contributed by atoms with van der Waals surface area (Å²) in [5, 5.41) is 14.0. The molecule has 0 spiro atoms. The fraction of sp³-hybridized carbons (Fsp3) is 0.667. The van der Waals surface area contributed by atoms with Crippen LogP contribution in [0, 0.1) is 10.1 Å². The molecule has 66 valence electrons. The highest BCUT2D eigenvalue weighted by molar-refractivity contribution is 5.04. The zero-order valence-corrected chi connectivity index (χ0v) is 7.02. The molecule has 0 aromatic carbocycles. The summed E-state index contributed by atoms with van der Waals surface area (Å²) in [6.45, 7) is 4.38. The van der Waals surface area contributed by atoms with Crippen molar-refractivity contribution in [2.45, 2.75) is 26.8 Å². The Morgan fingerprint density at radius 2 is 2.25 bits per heavy atom. The van der Waals surface area contributed by atoms with Crippen molar-refractivity contribution < 1.29 is 4.92 Å². The molecule has 12 heavy (non-hydrogen) atoms. The van der Waals surface area contributed by atoms with Crippen LogP contribution in [0.4, 0.5) is 5.95 Å². The second-order valence-corrected chi connectivity index (χ2v) is 2.25. The lowest BCUT2D eigenvalue weighted by Crippen LogP contribution is -2.01. The number of nitrogens with zero attached hydrogens (tertiary/aromatic N) is 4. The summed E-state index contributed by atoms with van der Waals surface area (Å²) < 4.78 is 1.54. The first-order chi connectivity index (χ1) is 5.69. The van der Waals surface area contributed by atoms with E-state index in [1.807, 2.05) is 13.8 Å². The van der Waals surface area contributed by atoms with Crippen molar-refractivity contribution in [3.8, 4) is 0 Å². The fourth-order valence-corrected chi connectivity index (χ4v) is 0.953. The van der Waals surface area contributed by atoms with Gasteiger partial charge in [0.1, 0.15) is 0 Å². The second kappa shape index (κ2) is 3.29. The molecular formula is C6H10N4O2. The van der Waals surface area contributed by atoms with E-state index < -0.39 is 4.92 Å². The number of rotatable bonds is 3. The maximum atomic E-state index is 10.3. The smallest absolute Gasteiger partial charge is 0.390 e. The van der Waals surface area contributed by atoms with Crippen LogP contribution in [0.25, 0.3) is 0 Å². The Kier molecular flexibility index (Phi) is 2.37. The van der Waals surface area contributed by atoms with Crippen molar-refractivity contribution in [2.24, 2.45) is 0 Å². The van der Waals surface area contributed by atoms with Crippen LogP contribution >= 0.6 is 0 Å². The summed E-state index contributed by atoms with van der Waals surface area (Å²) in [7, 11) is 0. The van der Waals surface area contributed by atoms with Gasteiger partial charge in [-0.15, -0.1) is 0 Å². The van der Waals surface area contributed by atoms with Gasteiger partial charge in [0, 0.05) is 11.5 Å². The first-order valence-corrected chi connectivity index (χ1v) is 3.77. The Morgan fingerprint density at radius 3 is 2.58 bits per heavy atom. The van der Waals surface area contributed by atoms with Crippen LogP contribution < -0.4 is 0 Å². The van der Waals surface area contributed by atoms with Crippen molar-refractivity contribution in [1.82, 2.24) is 14.8 Å². The van der Waals surface area contributed by atoms with E-state index in [2.05, 4.69) is 10.1 Å². The molecule has 0 bridgehead atoms. The van der Waals surface area contributed by atoms with Crippen molar-refractivity contribution >= 4 is 5.95 Å². The SMILES string of the molecule is CCc1nc([N+](=O)[O-])nn1CC. The van der Waals surface area contributed by atoms with Gasteiger partial charge < -0.3 is 10.1 Å². The van der Waals surface area contributed by atoms with Crippen molar-refractivity contribution in [3.63, 3.8) is 0 Å². The monoisotopic (exact) mass is 170 g/mol. The van der Waals surface area contributed by atoms with Crippen LogP contribution in [0.15, 0.2) is 0 Å². The minimum Gasteiger partial charge on any atom is -0.390 e. The van der Waals surface area contributed by atoms with Crippen molar-refractivity contribution in [3.05, 3.63) is 15.9 Å². The van der Waals surface area contributed by atoms with Gasteiger partial charge in [-0.25, -0.2) is 0 Å². The Morgan fingerprint density at radius 1 is 1.58 bits per heavy atom. The molecule has 0 radical (unpaired) electrons. The molecule has 6 nitrogen and oxygen atoms in total. The Balaban J connectivity index is 3.05. The third-order valence-corrected chi connectivity index (χ3v) is 1.52. The van der Waals surface area contributed by atoms with Crippen LogP contribution in [0.2, 0.25) is 0 Å². The predicted molar refractivity (Wildman–Crippen MR) is 41.7 cm³/mol. The molecule has 0 saturated carbocycles. The van der Waals surface area contributed by atoms with E-state index in [-0.39, 0.29) is 5.95 Å². The van der Waals surface area contributed by atoms with E-state index in [9.17, 15) is 10.1 Å². The van der Waals surface area contributed by atoms with Gasteiger partial charge in [0.05, 0.1) is 6.54 Å². The molecule has 0 fully saturated rings. The molecule has 0 N–H and O–H groups in total. The summed E-state index contributed by atoms with van der Waals surface area (Å²) in [5.41, 5.74) is 0. The van der Waals surface area contributed by atoms with Gasteiger partial charge in [0.25, 0.3) is 0 Å². The van der Waals surface area contributed by atoms with Crippen LogP contribution in [0.1, 0.15) is 19.7 Å². The lowest BCUT2D eigenvalue weighted by atomic mass is 10.4. The summed E-state index contributed by atoms with van der Waals surface area (Å²) in [5.74, 6) is 0.345. The molecule has 1 rings (SSSR count). The molecular weight excluding hydrogens is 160 g/mol. The molecule has 0 unspecified atom stereocenters. The van der Waals surface area contributed by atoms with Gasteiger partial charge in [-0.1, -0.05) is 6.92 Å². The molecule has 0 aliphatic carbocycles. The fourth-order valence-electron chi connectivity index (χ4n) is 0.953. The maximum absolute atomic E-state index is 10.3. The van der Waals surface area contributed by atoms with E-state index in [0.717, 1.165) is 0 Å². The van der Waals surface area contributed by atoms with Gasteiger partial charge in [0.15, 0.2) is 0 Å². The Bertz CT molecular complexity index is 272. The van der Waals surface area contributed by atoms with E-state index >= 15 is 0 Å². The van der Waals surface area contributed by atoms with E-state index in [1.165, 1.54) is 4.68 Å². The molecule has 0 atom stereocenters. The van der Waals surface area contributed by atoms with Crippen LogP contribution in [0.5, 0.6) is 0 Å². The van der Waals surface area contributed by atoms with E-state index in [1.54, 1.807) is 0 Å². The molecule has 1 heterocycles. The number of hydrogen-bond donors (Lipinski definition) is 0. The summed E-state index contributed by atoms with van der Waals surface area (Å²) in [6, 6.07) is 0. The van der Waals surface area contributed by atoms with Gasteiger partial charge in [-0.05, 0) is 16.8 Å². The van der Waals surface area contributed by atoms with E-state index in [0.29, 0.717) is 18.8 Å². The average Bonchev–Trinajstić information content (AvgIpc) is 2.46. The minimum absolute atomic E-state index is 0.311. The van der Waals surface area contributed by atoms with Crippen LogP contribution in [-0.2, 0) is 13.0 Å². The van der Waals surface area contributed by atoms with E-state index in [4.69, 9.17) is 0 Å². The number of aromatic nitrogens is 3. The standard InChI is InChI=1S/C6H10N4O2/c1-3-5-7-6(10(11)12)8-9(5)4-2/h3-4H2,1-2H3. The highest BCUT2D eigenvalue weighted by atomic mass is 16.6. The lowest BCUT2D eigenvalue weighted by Gasteiger charge is -1.89. The summed E-state index contributed by atoms with van der Waals surface area (Å²) in [6.07, 6.45) is 0.661. The molecule has 0 aliphatic rings. The number of nitro groups is 1. The van der Waals surface area contributed by atoms with Crippen molar-refractivity contribution in [1.29, 1.82) is 0 Å². The van der Waals surface area contributed by atoms with Crippen LogP contribution in [0.3, 0.4) is 0 Å². The highest BCUT2D eigenvalue weighted by Crippen LogP contribution is 2.05. The molecule has 0 saturated heterocycles. The lowest BCUT2D eigenvalue weighted by molar-refractivity contribution is -0.394. The zero-order valence-electron chi connectivity index (χ0n) is 7.02. The van der Waals surface area contributed by atoms with Crippen molar-refractivity contribution in [2.75, 3.05) is 0 Å². The van der Waals surface area contributed by atoms with Gasteiger partial charge in [-0.3, -0.25) is 0 Å². The molecule has 0 aliphatic heterocycles. The third-order valence-electron chi connectivity index (χ3n) is 1.52. The second-order valence-electron chi connectivity index (χ2n) is 2.25. The average molecular weight is 170 g/mol. The van der Waals surface area contributed by atoms with Crippen LogP contribution in [-0.4, -0.2) is 19.7 Å². The first kappa shape index (κ1) is 8.63. The van der Waals surface area contributed by atoms with Gasteiger partial charge in [-0.2, -0.15) is 4.68 Å². The summed E-state index contributed by atoms with van der Waals surface area (Å²) in [4.78, 5) is 13.4. The first-order valence-electron chi connectivity index (χ1n) is 3.77.